The van der Waals surface area contributed by atoms with Gasteiger partial charge in [-0.25, -0.2) is 0 Å². The van der Waals surface area contributed by atoms with Crippen LogP contribution in [-0.2, 0) is 0 Å². The normalized spacial score (nSPS) is 11.1. The Kier molecular flexibility index (Phi) is 5.27. The van der Waals surface area contributed by atoms with E-state index in [2.05, 4.69) is 0 Å². The molecular weight excluding hydrogens is 428 g/mol. The van der Waals surface area contributed by atoms with Crippen molar-refractivity contribution >= 4 is 0 Å². The first kappa shape index (κ1) is 21.5. The number of aromatic hydroxyl groups is 8. The molecule has 168 valence electrons. The summed E-state index contributed by atoms with van der Waals surface area (Å²) < 4.78 is 0. The maximum Gasteiger partial charge on any atom is 0.200 e. The third kappa shape index (κ3) is 3.63. The zero-order valence-corrected chi connectivity index (χ0v) is 17.0. The van der Waals surface area contributed by atoms with Crippen LogP contribution in [0.1, 0.15) is 22.6 Å². The fourth-order valence-corrected chi connectivity index (χ4v) is 3.83. The minimum absolute atomic E-state index is 0.101. The average Bonchev–Trinajstić information content (AvgIpc) is 2.79. The lowest BCUT2D eigenvalue weighted by molar-refractivity contribution is 0.360. The van der Waals surface area contributed by atoms with Crippen LogP contribution in [0.25, 0.3) is 11.1 Å². The van der Waals surface area contributed by atoms with Crippen molar-refractivity contribution in [2.45, 2.75) is 5.92 Å². The third-order valence-electron chi connectivity index (χ3n) is 5.50. The van der Waals surface area contributed by atoms with E-state index in [0.29, 0.717) is 11.1 Å². The molecule has 4 aromatic rings. The van der Waals surface area contributed by atoms with Crippen LogP contribution in [0.15, 0.2) is 66.7 Å². The Morgan fingerprint density at radius 1 is 0.424 bits per heavy atom. The van der Waals surface area contributed by atoms with Crippen LogP contribution in [0.2, 0.25) is 0 Å². The maximum absolute atomic E-state index is 10.5. The summed E-state index contributed by atoms with van der Waals surface area (Å²) in [5.41, 5.74) is 1.39. The van der Waals surface area contributed by atoms with Crippen LogP contribution in [-0.4, -0.2) is 40.9 Å². The first-order valence-electron chi connectivity index (χ1n) is 9.79. The fourth-order valence-electron chi connectivity index (χ4n) is 3.83. The van der Waals surface area contributed by atoms with Gasteiger partial charge < -0.3 is 40.9 Å². The first-order chi connectivity index (χ1) is 15.7. The SMILES string of the molecule is Oc1ccc(C(c2ccc(-c3c(O)cccc3O)cc2)c2ccc(O)c(O)c2O)c(O)c1O. The van der Waals surface area contributed by atoms with Crippen LogP contribution in [0, 0.1) is 0 Å². The fraction of sp³-hybridized carbons (Fsp3) is 0.0400. The molecule has 0 radical (unpaired) electrons. The second kappa shape index (κ2) is 8.08. The molecule has 0 unspecified atom stereocenters. The lowest BCUT2D eigenvalue weighted by Gasteiger charge is -2.22. The second-order valence-corrected chi connectivity index (χ2v) is 7.47. The maximum atomic E-state index is 10.5. The van der Waals surface area contributed by atoms with Crippen molar-refractivity contribution in [1.29, 1.82) is 0 Å². The van der Waals surface area contributed by atoms with Crippen LogP contribution >= 0.6 is 0 Å². The molecule has 0 aliphatic heterocycles. The highest BCUT2D eigenvalue weighted by Gasteiger charge is 2.27. The Bertz CT molecular complexity index is 1270. The quantitative estimate of drug-likeness (QED) is 0.170. The predicted octanol–water partition coefficient (Wildman–Crippen LogP) is 4.18. The van der Waals surface area contributed by atoms with Gasteiger partial charge in [0.15, 0.2) is 23.0 Å². The minimum Gasteiger partial charge on any atom is -0.507 e. The molecule has 0 aliphatic rings. The molecule has 4 aromatic carbocycles. The monoisotopic (exact) mass is 448 g/mol. The van der Waals surface area contributed by atoms with Crippen molar-refractivity contribution in [1.82, 2.24) is 0 Å². The number of benzene rings is 4. The Hall–Kier alpha value is -4.72. The van der Waals surface area contributed by atoms with Gasteiger partial charge in [-0.1, -0.05) is 42.5 Å². The van der Waals surface area contributed by atoms with Gasteiger partial charge in [-0.15, -0.1) is 0 Å². The van der Waals surface area contributed by atoms with Gasteiger partial charge >= 0.3 is 0 Å². The van der Waals surface area contributed by atoms with E-state index in [0.717, 1.165) is 0 Å². The molecule has 4 rings (SSSR count). The smallest absolute Gasteiger partial charge is 0.200 e. The molecule has 0 atom stereocenters. The first-order valence-corrected chi connectivity index (χ1v) is 9.79. The van der Waals surface area contributed by atoms with Crippen LogP contribution < -0.4 is 0 Å². The van der Waals surface area contributed by atoms with E-state index in [1.807, 2.05) is 0 Å². The molecule has 0 saturated carbocycles. The standard InChI is InChI=1S/C25H20O8/c26-16-2-1-3-17(27)21(16)13-6-4-12(5-7-13)20(14-8-10-18(28)24(32)22(14)30)15-9-11-19(29)25(33)23(15)31/h1-11,20,26-33H. The van der Waals surface area contributed by atoms with Gasteiger partial charge in [0.2, 0.25) is 11.5 Å². The summed E-state index contributed by atoms with van der Waals surface area (Å²) in [5, 5.41) is 80.8. The number of phenolic OH excluding ortho intramolecular Hbond substituents is 8. The summed E-state index contributed by atoms with van der Waals surface area (Å²) >= 11 is 0. The van der Waals surface area contributed by atoms with Gasteiger partial charge in [0.1, 0.15) is 11.5 Å². The molecule has 0 fully saturated rings. The molecule has 8 nitrogen and oxygen atoms in total. The molecule has 0 amide bonds. The Morgan fingerprint density at radius 3 is 1.33 bits per heavy atom. The van der Waals surface area contributed by atoms with E-state index < -0.39 is 40.4 Å². The number of rotatable bonds is 4. The van der Waals surface area contributed by atoms with E-state index >= 15 is 0 Å². The minimum atomic E-state index is -0.949. The zero-order chi connectivity index (χ0) is 23.9. The second-order valence-electron chi connectivity index (χ2n) is 7.47. The highest BCUT2D eigenvalue weighted by molar-refractivity contribution is 5.76. The van der Waals surface area contributed by atoms with E-state index in [-0.39, 0.29) is 28.2 Å². The van der Waals surface area contributed by atoms with Gasteiger partial charge in [0.05, 0.1) is 5.56 Å². The van der Waals surface area contributed by atoms with Crippen LogP contribution in [0.3, 0.4) is 0 Å². The lowest BCUT2D eigenvalue weighted by Crippen LogP contribution is -2.05. The molecule has 0 aromatic heterocycles. The van der Waals surface area contributed by atoms with Crippen LogP contribution in [0.5, 0.6) is 46.0 Å². The largest absolute Gasteiger partial charge is 0.507 e. The molecular formula is C25H20O8. The number of hydrogen-bond donors (Lipinski definition) is 8. The summed E-state index contributed by atoms with van der Waals surface area (Å²) in [6.07, 6.45) is 0. The van der Waals surface area contributed by atoms with E-state index in [1.165, 1.54) is 42.5 Å². The molecule has 0 spiro atoms. The molecule has 33 heavy (non-hydrogen) atoms. The Balaban J connectivity index is 1.91. The van der Waals surface area contributed by atoms with Crippen molar-refractivity contribution in [3.63, 3.8) is 0 Å². The number of hydrogen-bond acceptors (Lipinski definition) is 8. The van der Waals surface area contributed by atoms with Crippen molar-refractivity contribution in [2.75, 3.05) is 0 Å². The molecule has 0 heterocycles. The van der Waals surface area contributed by atoms with Gasteiger partial charge in [-0.3, -0.25) is 0 Å². The number of phenols is 8. The Labute approximate surface area is 187 Å². The van der Waals surface area contributed by atoms with Crippen molar-refractivity contribution in [3.05, 3.63) is 83.4 Å². The molecule has 8 N–H and O–H groups in total. The van der Waals surface area contributed by atoms with Gasteiger partial charge in [0.25, 0.3) is 0 Å². The zero-order valence-electron chi connectivity index (χ0n) is 17.0. The van der Waals surface area contributed by atoms with E-state index in [4.69, 9.17) is 0 Å². The summed E-state index contributed by atoms with van der Waals surface area (Å²) in [6, 6.07) is 15.8. The summed E-state index contributed by atoms with van der Waals surface area (Å²) in [4.78, 5) is 0. The molecule has 0 aliphatic carbocycles. The third-order valence-corrected chi connectivity index (χ3v) is 5.50. The summed E-state index contributed by atoms with van der Waals surface area (Å²) in [6.45, 7) is 0. The van der Waals surface area contributed by atoms with Crippen molar-refractivity contribution < 1.29 is 40.9 Å². The highest BCUT2D eigenvalue weighted by Crippen LogP contribution is 2.49. The van der Waals surface area contributed by atoms with Crippen molar-refractivity contribution in [3.8, 4) is 57.1 Å². The van der Waals surface area contributed by atoms with Crippen molar-refractivity contribution in [2.24, 2.45) is 0 Å². The average molecular weight is 448 g/mol. The molecule has 0 bridgehead atoms. The predicted molar refractivity (Wildman–Crippen MR) is 119 cm³/mol. The summed E-state index contributed by atoms with van der Waals surface area (Å²) in [7, 11) is 0. The lowest BCUT2D eigenvalue weighted by atomic mass is 9.83. The van der Waals surface area contributed by atoms with E-state index in [9.17, 15) is 40.9 Å². The van der Waals surface area contributed by atoms with Gasteiger partial charge in [-0.05, 0) is 35.4 Å². The topological polar surface area (TPSA) is 162 Å². The summed E-state index contributed by atoms with van der Waals surface area (Å²) in [5.74, 6) is -5.05. The van der Waals surface area contributed by atoms with Gasteiger partial charge in [-0.2, -0.15) is 0 Å². The highest BCUT2D eigenvalue weighted by atomic mass is 16.3. The Morgan fingerprint density at radius 2 is 0.879 bits per heavy atom. The van der Waals surface area contributed by atoms with Gasteiger partial charge in [0, 0.05) is 17.0 Å². The molecule has 0 saturated heterocycles. The molecule has 8 heteroatoms. The van der Waals surface area contributed by atoms with Crippen LogP contribution in [0.4, 0.5) is 0 Å². The van der Waals surface area contributed by atoms with E-state index in [1.54, 1.807) is 24.3 Å².